The van der Waals surface area contributed by atoms with Gasteiger partial charge in [-0.25, -0.2) is 9.59 Å². The van der Waals surface area contributed by atoms with Gasteiger partial charge in [0.25, 0.3) is 5.91 Å². The summed E-state index contributed by atoms with van der Waals surface area (Å²) in [6.45, 7) is 1.15. The Labute approximate surface area is 169 Å². The van der Waals surface area contributed by atoms with E-state index in [4.69, 9.17) is 14.2 Å². The Bertz CT molecular complexity index is 908. The molecule has 29 heavy (non-hydrogen) atoms. The van der Waals surface area contributed by atoms with Crippen LogP contribution in [0.15, 0.2) is 42.5 Å². The molecule has 1 amide bonds. The topological polar surface area (TPSA) is 90.9 Å². The number of rotatable bonds is 8. The number of ether oxygens (including phenoxy) is 3. The van der Waals surface area contributed by atoms with Crippen LogP contribution in [0.3, 0.4) is 0 Å². The van der Waals surface area contributed by atoms with Crippen molar-refractivity contribution in [3.8, 4) is 5.75 Å². The maximum Gasteiger partial charge on any atom is 0.344 e. The highest BCUT2D eigenvalue weighted by Gasteiger charge is 2.16. The first-order chi connectivity index (χ1) is 14.1. The van der Waals surface area contributed by atoms with Gasteiger partial charge < -0.3 is 19.5 Å². The van der Waals surface area contributed by atoms with E-state index in [2.05, 4.69) is 5.32 Å². The Morgan fingerprint density at radius 2 is 1.76 bits per heavy atom. The number of hydrogen-bond acceptors (Lipinski definition) is 6. The minimum atomic E-state index is -0.653. The Kier molecular flexibility index (Phi) is 6.84. The van der Waals surface area contributed by atoms with Crippen LogP contribution in [0.4, 0.5) is 5.69 Å². The van der Waals surface area contributed by atoms with Gasteiger partial charge in [-0.15, -0.1) is 0 Å². The molecule has 152 valence electrons. The molecule has 0 heterocycles. The number of carbonyl (C=O) groups is 3. The predicted octanol–water partition coefficient (Wildman–Crippen LogP) is 2.91. The van der Waals surface area contributed by atoms with E-state index in [-0.39, 0.29) is 18.8 Å². The molecular weight excluding hydrogens is 374 g/mol. The molecule has 7 heteroatoms. The van der Waals surface area contributed by atoms with Gasteiger partial charge in [0.2, 0.25) is 0 Å². The van der Waals surface area contributed by atoms with E-state index in [1.807, 2.05) is 18.2 Å². The van der Waals surface area contributed by atoms with E-state index in [1.165, 1.54) is 11.1 Å². The highest BCUT2D eigenvalue weighted by atomic mass is 16.6. The third-order valence-electron chi connectivity index (χ3n) is 4.49. The molecule has 2 aromatic rings. The molecule has 0 unspecified atom stereocenters. The maximum absolute atomic E-state index is 12.1. The van der Waals surface area contributed by atoms with E-state index in [0.29, 0.717) is 11.4 Å². The van der Waals surface area contributed by atoms with Gasteiger partial charge in [-0.2, -0.15) is 0 Å². The number of hydrogen-bond donors (Lipinski definition) is 1. The molecule has 2 aromatic carbocycles. The lowest BCUT2D eigenvalue weighted by Crippen LogP contribution is -2.24. The van der Waals surface area contributed by atoms with Crippen LogP contribution in [0.25, 0.3) is 0 Å². The van der Waals surface area contributed by atoms with Gasteiger partial charge >= 0.3 is 11.9 Å². The number of aryl methyl sites for hydroxylation is 2. The molecule has 1 N–H and O–H groups in total. The first-order valence-corrected chi connectivity index (χ1v) is 9.53. The molecule has 0 saturated heterocycles. The summed E-state index contributed by atoms with van der Waals surface area (Å²) in [5.74, 6) is -1.15. The molecule has 1 aliphatic carbocycles. The predicted molar refractivity (Wildman–Crippen MR) is 106 cm³/mol. The van der Waals surface area contributed by atoms with Crippen LogP contribution in [0.2, 0.25) is 0 Å². The summed E-state index contributed by atoms with van der Waals surface area (Å²) in [4.78, 5) is 35.9. The Morgan fingerprint density at radius 1 is 0.966 bits per heavy atom. The van der Waals surface area contributed by atoms with E-state index in [1.54, 1.807) is 31.2 Å². The lowest BCUT2D eigenvalue weighted by atomic mass is 10.1. The van der Waals surface area contributed by atoms with E-state index in [9.17, 15) is 14.4 Å². The fourth-order valence-corrected chi connectivity index (χ4v) is 3.13. The van der Waals surface area contributed by atoms with Gasteiger partial charge in [-0.3, -0.25) is 4.79 Å². The number of benzene rings is 2. The average Bonchev–Trinajstić information content (AvgIpc) is 3.19. The van der Waals surface area contributed by atoms with Gasteiger partial charge in [0.1, 0.15) is 5.75 Å². The van der Waals surface area contributed by atoms with Gasteiger partial charge in [0.05, 0.1) is 17.9 Å². The number of nitrogens with one attached hydrogen (secondary N) is 1. The molecule has 0 radical (unpaired) electrons. The Morgan fingerprint density at radius 3 is 2.59 bits per heavy atom. The van der Waals surface area contributed by atoms with Crippen molar-refractivity contribution in [2.24, 2.45) is 0 Å². The Hall–Kier alpha value is -3.35. The second-order valence-electron chi connectivity index (χ2n) is 6.55. The molecule has 0 aliphatic heterocycles. The summed E-state index contributed by atoms with van der Waals surface area (Å²) in [7, 11) is 0. The second-order valence-corrected chi connectivity index (χ2v) is 6.55. The van der Waals surface area contributed by atoms with Crippen molar-refractivity contribution in [1.29, 1.82) is 0 Å². The van der Waals surface area contributed by atoms with Crippen LogP contribution in [0.5, 0.6) is 5.75 Å². The van der Waals surface area contributed by atoms with Gasteiger partial charge in [0, 0.05) is 0 Å². The number of anilines is 1. The molecule has 0 fully saturated rings. The van der Waals surface area contributed by atoms with E-state index >= 15 is 0 Å². The molecule has 7 nitrogen and oxygen atoms in total. The van der Waals surface area contributed by atoms with Crippen LogP contribution in [-0.2, 0) is 31.9 Å². The summed E-state index contributed by atoms with van der Waals surface area (Å²) in [6, 6.07) is 12.2. The van der Waals surface area contributed by atoms with Crippen molar-refractivity contribution in [3.63, 3.8) is 0 Å². The van der Waals surface area contributed by atoms with Crippen molar-refractivity contribution in [2.45, 2.75) is 26.2 Å². The fourth-order valence-electron chi connectivity index (χ4n) is 3.13. The molecule has 0 saturated carbocycles. The summed E-state index contributed by atoms with van der Waals surface area (Å²) >= 11 is 0. The first-order valence-electron chi connectivity index (χ1n) is 9.53. The zero-order valence-electron chi connectivity index (χ0n) is 16.2. The number of carbonyl (C=O) groups excluding carboxylic acids is 3. The largest absolute Gasteiger partial charge is 0.482 e. The van der Waals surface area contributed by atoms with E-state index in [0.717, 1.165) is 19.3 Å². The van der Waals surface area contributed by atoms with Crippen LogP contribution >= 0.6 is 0 Å². The van der Waals surface area contributed by atoms with Gasteiger partial charge in [-0.05, 0) is 61.6 Å². The zero-order chi connectivity index (χ0) is 20.6. The molecular formula is C22H23NO6. The second kappa shape index (κ2) is 9.73. The monoisotopic (exact) mass is 397 g/mol. The Balaban J connectivity index is 1.46. The first kappa shape index (κ1) is 20.4. The standard InChI is InChI=1S/C22H23NO6/c1-2-27-22(26)18-8-3-4-9-19(18)23-20(24)13-29-21(25)14-28-17-11-10-15-6-5-7-16(15)12-17/h3-4,8-12H,2,5-7,13-14H2,1H3,(H,23,24). The minimum absolute atomic E-state index is 0.225. The zero-order valence-corrected chi connectivity index (χ0v) is 16.2. The maximum atomic E-state index is 12.1. The van der Waals surface area contributed by atoms with Crippen molar-refractivity contribution >= 4 is 23.5 Å². The van der Waals surface area contributed by atoms with E-state index < -0.39 is 24.5 Å². The number of amides is 1. The SMILES string of the molecule is CCOC(=O)c1ccccc1NC(=O)COC(=O)COc1ccc2c(c1)CCC2. The van der Waals surface area contributed by atoms with Crippen molar-refractivity contribution in [2.75, 3.05) is 25.1 Å². The minimum Gasteiger partial charge on any atom is -0.482 e. The molecule has 1 aliphatic rings. The van der Waals surface area contributed by atoms with Gasteiger partial charge in [-0.1, -0.05) is 18.2 Å². The molecule has 3 rings (SSSR count). The molecule has 0 bridgehead atoms. The van der Waals surface area contributed by atoms with Crippen molar-refractivity contribution in [3.05, 3.63) is 59.2 Å². The quantitative estimate of drug-likeness (QED) is 0.689. The van der Waals surface area contributed by atoms with Crippen molar-refractivity contribution in [1.82, 2.24) is 0 Å². The summed E-state index contributed by atoms with van der Waals surface area (Å²) in [6.07, 6.45) is 3.23. The fraction of sp³-hybridized carbons (Fsp3) is 0.318. The number of para-hydroxylation sites is 1. The number of fused-ring (bicyclic) bond motifs is 1. The smallest absolute Gasteiger partial charge is 0.344 e. The molecule has 0 aromatic heterocycles. The normalized spacial score (nSPS) is 12.0. The van der Waals surface area contributed by atoms with Crippen LogP contribution < -0.4 is 10.1 Å². The third kappa shape index (κ3) is 5.57. The summed E-state index contributed by atoms with van der Waals surface area (Å²) in [5, 5.41) is 2.55. The lowest BCUT2D eigenvalue weighted by molar-refractivity contribution is -0.149. The summed E-state index contributed by atoms with van der Waals surface area (Å²) < 4.78 is 15.4. The lowest BCUT2D eigenvalue weighted by Gasteiger charge is -2.11. The average molecular weight is 397 g/mol. The molecule has 0 spiro atoms. The van der Waals surface area contributed by atoms with Crippen LogP contribution in [0, 0.1) is 0 Å². The van der Waals surface area contributed by atoms with Crippen LogP contribution in [0.1, 0.15) is 34.8 Å². The molecule has 0 atom stereocenters. The highest BCUT2D eigenvalue weighted by molar-refractivity contribution is 6.01. The highest BCUT2D eigenvalue weighted by Crippen LogP contribution is 2.26. The van der Waals surface area contributed by atoms with Gasteiger partial charge in [0.15, 0.2) is 13.2 Å². The van der Waals surface area contributed by atoms with Crippen molar-refractivity contribution < 1.29 is 28.6 Å². The summed E-state index contributed by atoms with van der Waals surface area (Å²) in [5.41, 5.74) is 3.09. The number of esters is 2. The third-order valence-corrected chi connectivity index (χ3v) is 4.49. The van der Waals surface area contributed by atoms with Crippen LogP contribution in [-0.4, -0.2) is 37.7 Å².